The molecular weight excluding hydrogens is 196 g/mol. The predicted octanol–water partition coefficient (Wildman–Crippen LogP) is 4.42. The van der Waals surface area contributed by atoms with Gasteiger partial charge in [0.1, 0.15) is 7.38 Å². The van der Waals surface area contributed by atoms with Gasteiger partial charge in [-0.05, 0) is 37.1 Å². The van der Waals surface area contributed by atoms with Crippen LogP contribution in [0.15, 0.2) is 12.2 Å². The van der Waals surface area contributed by atoms with Crippen LogP contribution in [0.3, 0.4) is 0 Å². The Kier molecular flexibility index (Phi) is 4.05. The maximum Gasteiger partial charge on any atom is 0.150 e. The molecule has 0 N–H and O–H groups in total. The highest BCUT2D eigenvalue weighted by Crippen LogP contribution is 2.38. The van der Waals surface area contributed by atoms with Crippen molar-refractivity contribution >= 4 is 18.5 Å². The number of hydrogen-bond donors (Lipinski definition) is 0. The average molecular weight is 217 g/mol. The fourth-order valence-corrected chi connectivity index (χ4v) is 1.72. The highest BCUT2D eigenvalue weighted by atomic mass is 35.6. The van der Waals surface area contributed by atoms with Crippen LogP contribution in [0.5, 0.6) is 0 Å². The number of allylic oxidation sites excluding steroid dienone is 2. The molecule has 2 unspecified atom stereocenters. The van der Waals surface area contributed by atoms with Gasteiger partial charge in [0.15, 0.2) is 0 Å². The second-order valence-electron chi connectivity index (χ2n) is 4.79. The molecule has 0 aromatic carbocycles. The summed E-state index contributed by atoms with van der Waals surface area (Å²) in [6.45, 7) is 6.43. The van der Waals surface area contributed by atoms with Crippen LogP contribution < -0.4 is 0 Å². The van der Waals surface area contributed by atoms with Crippen LogP contribution in [0.25, 0.3) is 0 Å². The fourth-order valence-electron chi connectivity index (χ4n) is 1.72. The van der Waals surface area contributed by atoms with Crippen molar-refractivity contribution in [2.24, 2.45) is 11.8 Å². The maximum absolute atomic E-state index is 5.86. The first kappa shape index (κ1) is 11.3. The van der Waals surface area contributed by atoms with Crippen LogP contribution >= 0.6 is 11.1 Å². The third-order valence-corrected chi connectivity index (χ3v) is 5.49. The first-order valence-electron chi connectivity index (χ1n) is 5.38. The minimum Gasteiger partial charge on any atom is -0.168 e. The predicted molar refractivity (Wildman–Crippen MR) is 63.8 cm³/mol. The molecule has 2 aliphatic rings. The summed E-state index contributed by atoms with van der Waals surface area (Å²) in [5, 5.41) is 0. The first-order chi connectivity index (χ1) is 6.01. The average Bonchev–Trinajstić information content (AvgIpc) is 2.66. The molecule has 13 heavy (non-hydrogen) atoms. The molecule has 0 aromatic heterocycles. The monoisotopic (exact) mass is 216 g/mol. The van der Waals surface area contributed by atoms with Gasteiger partial charge in [-0.2, -0.15) is 11.1 Å². The Bertz CT molecular complexity index is 169. The van der Waals surface area contributed by atoms with E-state index in [0.717, 1.165) is 11.8 Å². The van der Waals surface area contributed by atoms with Crippen molar-refractivity contribution in [1.29, 1.82) is 0 Å². The molecule has 2 heteroatoms. The van der Waals surface area contributed by atoms with Gasteiger partial charge in [-0.15, -0.1) is 0 Å². The summed E-state index contributed by atoms with van der Waals surface area (Å²) in [5.41, 5.74) is 0. The summed E-state index contributed by atoms with van der Waals surface area (Å²) in [6, 6.07) is 1.18. The Hall–Kier alpha value is 0.247. The quantitative estimate of drug-likeness (QED) is 0.346. The summed E-state index contributed by atoms with van der Waals surface area (Å²) in [6.07, 6.45) is 9.19. The van der Waals surface area contributed by atoms with Crippen molar-refractivity contribution in [3.8, 4) is 0 Å². The zero-order valence-electron chi connectivity index (χ0n) is 9.02. The van der Waals surface area contributed by atoms with Crippen LogP contribution in [0.2, 0.25) is 19.1 Å². The lowest BCUT2D eigenvalue weighted by atomic mass is 10.1. The summed E-state index contributed by atoms with van der Waals surface area (Å²) < 4.78 is 0. The van der Waals surface area contributed by atoms with Gasteiger partial charge in [-0.25, -0.2) is 0 Å². The molecule has 2 bridgehead atoms. The SMILES string of the molecule is C1=CC2CCC1C2.CC[Si](C)(C)Cl. The lowest BCUT2D eigenvalue weighted by Gasteiger charge is -2.05. The molecule has 0 aromatic rings. The third kappa shape index (κ3) is 4.32. The maximum atomic E-state index is 5.86. The van der Waals surface area contributed by atoms with E-state index in [0.29, 0.717) is 0 Å². The van der Waals surface area contributed by atoms with E-state index in [2.05, 4.69) is 32.2 Å². The van der Waals surface area contributed by atoms with E-state index in [1.54, 1.807) is 0 Å². The summed E-state index contributed by atoms with van der Waals surface area (Å²) in [7, 11) is -1.16. The van der Waals surface area contributed by atoms with Gasteiger partial charge in [-0.1, -0.05) is 32.2 Å². The Balaban J connectivity index is 0.000000133. The van der Waals surface area contributed by atoms with Crippen molar-refractivity contribution in [2.45, 2.75) is 45.3 Å². The number of fused-ring (bicyclic) bond motifs is 2. The zero-order valence-corrected chi connectivity index (χ0v) is 10.8. The topological polar surface area (TPSA) is 0 Å². The Morgan fingerprint density at radius 1 is 1.23 bits per heavy atom. The molecule has 0 spiro atoms. The van der Waals surface area contributed by atoms with Crippen LogP contribution in [0, 0.1) is 11.8 Å². The molecule has 2 rings (SSSR count). The lowest BCUT2D eigenvalue weighted by Crippen LogP contribution is -2.12. The van der Waals surface area contributed by atoms with Crippen LogP contribution in [-0.4, -0.2) is 7.38 Å². The molecule has 0 heterocycles. The number of rotatable bonds is 1. The highest BCUT2D eigenvalue weighted by Gasteiger charge is 2.25. The van der Waals surface area contributed by atoms with Gasteiger partial charge in [0, 0.05) is 0 Å². The Morgan fingerprint density at radius 3 is 1.69 bits per heavy atom. The molecule has 2 aliphatic carbocycles. The number of hydrogen-bond acceptors (Lipinski definition) is 0. The lowest BCUT2D eigenvalue weighted by molar-refractivity contribution is 0.691. The van der Waals surface area contributed by atoms with Crippen molar-refractivity contribution in [2.75, 3.05) is 0 Å². The molecule has 2 atom stereocenters. The largest absolute Gasteiger partial charge is 0.168 e. The molecule has 0 saturated heterocycles. The Labute approximate surface area is 88.1 Å². The van der Waals surface area contributed by atoms with Crippen molar-refractivity contribution in [3.63, 3.8) is 0 Å². The van der Waals surface area contributed by atoms with E-state index in [1.807, 2.05) is 0 Å². The fraction of sp³-hybridized carbons (Fsp3) is 0.818. The van der Waals surface area contributed by atoms with Crippen LogP contribution in [0.4, 0.5) is 0 Å². The van der Waals surface area contributed by atoms with Gasteiger partial charge >= 0.3 is 0 Å². The second-order valence-corrected chi connectivity index (χ2v) is 12.0. The van der Waals surface area contributed by atoms with Crippen molar-refractivity contribution in [1.82, 2.24) is 0 Å². The molecule has 1 saturated carbocycles. The van der Waals surface area contributed by atoms with Crippen molar-refractivity contribution < 1.29 is 0 Å². The minimum atomic E-state index is -1.16. The van der Waals surface area contributed by atoms with Crippen molar-refractivity contribution in [3.05, 3.63) is 12.2 Å². The molecule has 0 amide bonds. The minimum absolute atomic E-state index is 0.991. The summed E-state index contributed by atoms with van der Waals surface area (Å²) in [5.74, 6) is 1.98. The molecular formula is C11H21ClSi. The van der Waals surface area contributed by atoms with E-state index in [-0.39, 0.29) is 0 Å². The normalized spacial score (nSPS) is 30.2. The number of halogens is 1. The smallest absolute Gasteiger partial charge is 0.150 e. The molecule has 0 nitrogen and oxygen atoms in total. The summed E-state index contributed by atoms with van der Waals surface area (Å²) in [4.78, 5) is 0. The standard InChI is InChI=1S/C7H10.C4H11ClSi/c1-2-7-4-3-6(1)5-7;1-4-6(2,3)5/h1-2,6-7H,3-5H2;4H2,1-3H3. The van der Waals surface area contributed by atoms with Gasteiger partial charge < -0.3 is 0 Å². The van der Waals surface area contributed by atoms with Gasteiger partial charge in [0.2, 0.25) is 0 Å². The van der Waals surface area contributed by atoms with Gasteiger partial charge in [0.25, 0.3) is 0 Å². The van der Waals surface area contributed by atoms with E-state index in [4.69, 9.17) is 11.1 Å². The first-order valence-corrected chi connectivity index (χ1v) is 9.60. The second kappa shape index (κ2) is 4.65. The molecule has 0 radical (unpaired) electrons. The van der Waals surface area contributed by atoms with Gasteiger partial charge in [0.05, 0.1) is 0 Å². The van der Waals surface area contributed by atoms with E-state index >= 15 is 0 Å². The summed E-state index contributed by atoms with van der Waals surface area (Å²) >= 11 is 5.86. The van der Waals surface area contributed by atoms with E-state index < -0.39 is 7.38 Å². The van der Waals surface area contributed by atoms with E-state index in [1.165, 1.54) is 25.3 Å². The van der Waals surface area contributed by atoms with E-state index in [9.17, 15) is 0 Å². The molecule has 0 aliphatic heterocycles. The highest BCUT2D eigenvalue weighted by molar-refractivity contribution is 7.19. The van der Waals surface area contributed by atoms with Gasteiger partial charge in [-0.3, -0.25) is 0 Å². The third-order valence-electron chi connectivity index (χ3n) is 3.01. The van der Waals surface area contributed by atoms with Crippen LogP contribution in [-0.2, 0) is 0 Å². The van der Waals surface area contributed by atoms with Crippen LogP contribution in [0.1, 0.15) is 26.2 Å². The zero-order chi connectivity index (χ0) is 9.90. The molecule has 76 valence electrons. The Morgan fingerprint density at radius 2 is 1.62 bits per heavy atom. The molecule has 1 fully saturated rings.